The van der Waals surface area contributed by atoms with Gasteiger partial charge in [-0.1, -0.05) is 31.2 Å². The third kappa shape index (κ3) is 3.48. The minimum absolute atomic E-state index is 0.328. The number of nitrogens with one attached hydrogen (secondary N) is 1. The van der Waals surface area contributed by atoms with Crippen LogP contribution in [0.2, 0.25) is 0 Å². The first-order valence-corrected chi connectivity index (χ1v) is 7.55. The van der Waals surface area contributed by atoms with Crippen LogP contribution in [0.4, 0.5) is 0 Å². The van der Waals surface area contributed by atoms with Gasteiger partial charge in [0, 0.05) is 18.9 Å². The van der Waals surface area contributed by atoms with Gasteiger partial charge in [-0.15, -0.1) is 0 Å². The summed E-state index contributed by atoms with van der Waals surface area (Å²) in [4.78, 5) is 4.54. The Labute approximate surface area is 122 Å². The van der Waals surface area contributed by atoms with Gasteiger partial charge < -0.3 is 9.88 Å². The largest absolute Gasteiger partial charge is 0.334 e. The van der Waals surface area contributed by atoms with E-state index >= 15 is 0 Å². The zero-order chi connectivity index (χ0) is 14.4. The Balaban J connectivity index is 2.08. The SMILES string of the molecule is CCNC(CCc1ccccc1C)c1nccn1CC. The normalized spacial score (nSPS) is 12.6. The second-order valence-corrected chi connectivity index (χ2v) is 5.15. The van der Waals surface area contributed by atoms with Crippen molar-refractivity contribution in [2.45, 2.75) is 46.2 Å². The lowest BCUT2D eigenvalue weighted by atomic mass is 10.0. The molecular weight excluding hydrogens is 246 g/mol. The molecule has 0 aliphatic carbocycles. The van der Waals surface area contributed by atoms with Gasteiger partial charge in [0.05, 0.1) is 6.04 Å². The second kappa shape index (κ2) is 7.25. The molecule has 1 unspecified atom stereocenters. The van der Waals surface area contributed by atoms with Crippen molar-refractivity contribution in [3.8, 4) is 0 Å². The zero-order valence-electron chi connectivity index (χ0n) is 12.8. The molecule has 3 nitrogen and oxygen atoms in total. The average Bonchev–Trinajstić information content (AvgIpc) is 2.93. The summed E-state index contributed by atoms with van der Waals surface area (Å²) < 4.78 is 2.23. The maximum atomic E-state index is 4.54. The average molecular weight is 271 g/mol. The van der Waals surface area contributed by atoms with Crippen molar-refractivity contribution in [3.05, 3.63) is 53.6 Å². The van der Waals surface area contributed by atoms with Crippen LogP contribution in [-0.2, 0) is 13.0 Å². The van der Waals surface area contributed by atoms with Crippen molar-refractivity contribution in [1.29, 1.82) is 0 Å². The van der Waals surface area contributed by atoms with Crippen LogP contribution in [0.3, 0.4) is 0 Å². The second-order valence-electron chi connectivity index (χ2n) is 5.15. The van der Waals surface area contributed by atoms with Gasteiger partial charge >= 0.3 is 0 Å². The summed E-state index contributed by atoms with van der Waals surface area (Å²) in [5.41, 5.74) is 2.81. The summed E-state index contributed by atoms with van der Waals surface area (Å²) in [6, 6.07) is 8.96. The van der Waals surface area contributed by atoms with E-state index in [4.69, 9.17) is 0 Å². The Hall–Kier alpha value is -1.61. The van der Waals surface area contributed by atoms with E-state index in [1.165, 1.54) is 11.1 Å². The fourth-order valence-electron chi connectivity index (χ4n) is 2.66. The van der Waals surface area contributed by atoms with E-state index in [9.17, 15) is 0 Å². The van der Waals surface area contributed by atoms with E-state index in [0.717, 1.165) is 31.8 Å². The summed E-state index contributed by atoms with van der Waals surface area (Å²) in [5, 5.41) is 3.57. The van der Waals surface area contributed by atoms with Crippen LogP contribution >= 0.6 is 0 Å². The lowest BCUT2D eigenvalue weighted by Gasteiger charge is -2.19. The fraction of sp³-hybridized carbons (Fsp3) is 0.471. The highest BCUT2D eigenvalue weighted by atomic mass is 15.1. The summed E-state index contributed by atoms with van der Waals surface area (Å²) in [7, 11) is 0. The molecule has 20 heavy (non-hydrogen) atoms. The van der Waals surface area contributed by atoms with Crippen LogP contribution in [0.15, 0.2) is 36.7 Å². The number of benzene rings is 1. The van der Waals surface area contributed by atoms with E-state index in [0.29, 0.717) is 6.04 Å². The molecule has 108 valence electrons. The number of rotatable bonds is 7. The minimum atomic E-state index is 0.328. The highest BCUT2D eigenvalue weighted by molar-refractivity contribution is 5.25. The van der Waals surface area contributed by atoms with Gasteiger partial charge in [-0.05, 0) is 44.4 Å². The predicted molar refractivity (Wildman–Crippen MR) is 83.8 cm³/mol. The Morgan fingerprint density at radius 1 is 1.25 bits per heavy atom. The highest BCUT2D eigenvalue weighted by Crippen LogP contribution is 2.19. The van der Waals surface area contributed by atoms with Crippen molar-refractivity contribution >= 4 is 0 Å². The smallest absolute Gasteiger partial charge is 0.125 e. The molecule has 0 bridgehead atoms. The molecule has 2 rings (SSSR count). The lowest BCUT2D eigenvalue weighted by Crippen LogP contribution is -2.24. The Kier molecular flexibility index (Phi) is 5.36. The number of hydrogen-bond acceptors (Lipinski definition) is 2. The van der Waals surface area contributed by atoms with Crippen molar-refractivity contribution in [2.75, 3.05) is 6.54 Å². The van der Waals surface area contributed by atoms with Gasteiger partial charge in [-0.2, -0.15) is 0 Å². The van der Waals surface area contributed by atoms with Gasteiger partial charge in [-0.25, -0.2) is 4.98 Å². The van der Waals surface area contributed by atoms with E-state index < -0.39 is 0 Å². The molecule has 0 aliphatic rings. The van der Waals surface area contributed by atoms with E-state index in [2.05, 4.69) is 66.1 Å². The van der Waals surface area contributed by atoms with Crippen LogP contribution in [0.25, 0.3) is 0 Å². The first-order valence-electron chi connectivity index (χ1n) is 7.55. The molecule has 1 atom stereocenters. The van der Waals surface area contributed by atoms with Gasteiger partial charge in [-0.3, -0.25) is 0 Å². The first kappa shape index (κ1) is 14.8. The molecule has 0 fully saturated rings. The van der Waals surface area contributed by atoms with Crippen LogP contribution in [0, 0.1) is 6.92 Å². The van der Waals surface area contributed by atoms with Crippen molar-refractivity contribution in [3.63, 3.8) is 0 Å². The zero-order valence-corrected chi connectivity index (χ0v) is 12.8. The number of aryl methyl sites for hydroxylation is 3. The molecule has 2 aromatic rings. The van der Waals surface area contributed by atoms with Crippen molar-refractivity contribution < 1.29 is 0 Å². The topological polar surface area (TPSA) is 29.9 Å². The molecule has 0 radical (unpaired) electrons. The van der Waals surface area contributed by atoms with Crippen LogP contribution < -0.4 is 5.32 Å². The van der Waals surface area contributed by atoms with E-state index in [1.807, 2.05) is 6.20 Å². The summed E-state index contributed by atoms with van der Waals surface area (Å²) >= 11 is 0. The Morgan fingerprint density at radius 2 is 2.05 bits per heavy atom. The van der Waals surface area contributed by atoms with Crippen molar-refractivity contribution in [1.82, 2.24) is 14.9 Å². The molecule has 1 heterocycles. The molecule has 3 heteroatoms. The van der Waals surface area contributed by atoms with Gasteiger partial charge in [0.15, 0.2) is 0 Å². The predicted octanol–water partition coefficient (Wildman–Crippen LogP) is 3.49. The van der Waals surface area contributed by atoms with Crippen molar-refractivity contribution in [2.24, 2.45) is 0 Å². The van der Waals surface area contributed by atoms with Crippen LogP contribution in [0.1, 0.15) is 43.3 Å². The monoisotopic (exact) mass is 271 g/mol. The Morgan fingerprint density at radius 3 is 2.75 bits per heavy atom. The number of nitrogens with zero attached hydrogens (tertiary/aromatic N) is 2. The number of imidazole rings is 1. The summed E-state index contributed by atoms with van der Waals surface area (Å²) in [5.74, 6) is 1.16. The number of aromatic nitrogens is 2. The molecule has 0 spiro atoms. The molecular formula is C17H25N3. The summed E-state index contributed by atoms with van der Waals surface area (Å²) in [6.07, 6.45) is 6.13. The lowest BCUT2D eigenvalue weighted by molar-refractivity contribution is 0.469. The van der Waals surface area contributed by atoms with Crippen LogP contribution in [0.5, 0.6) is 0 Å². The molecule has 1 aromatic heterocycles. The standard InChI is InChI=1S/C17H25N3/c1-4-18-16(17-19-12-13-20(17)5-2)11-10-15-9-7-6-8-14(15)3/h6-9,12-13,16,18H,4-5,10-11H2,1-3H3. The van der Waals surface area contributed by atoms with E-state index in [-0.39, 0.29) is 0 Å². The quantitative estimate of drug-likeness (QED) is 0.835. The maximum Gasteiger partial charge on any atom is 0.125 e. The third-order valence-electron chi connectivity index (χ3n) is 3.81. The molecule has 0 aliphatic heterocycles. The summed E-state index contributed by atoms with van der Waals surface area (Å²) in [6.45, 7) is 8.44. The van der Waals surface area contributed by atoms with Gasteiger partial charge in [0.2, 0.25) is 0 Å². The maximum absolute atomic E-state index is 4.54. The number of hydrogen-bond donors (Lipinski definition) is 1. The van der Waals surface area contributed by atoms with Gasteiger partial charge in [0.25, 0.3) is 0 Å². The minimum Gasteiger partial charge on any atom is -0.334 e. The third-order valence-corrected chi connectivity index (χ3v) is 3.81. The highest BCUT2D eigenvalue weighted by Gasteiger charge is 2.15. The van der Waals surface area contributed by atoms with Gasteiger partial charge in [0.1, 0.15) is 5.82 Å². The Bertz CT molecular complexity index is 531. The fourth-order valence-corrected chi connectivity index (χ4v) is 2.66. The molecule has 0 saturated carbocycles. The van der Waals surface area contributed by atoms with E-state index in [1.54, 1.807) is 0 Å². The molecule has 0 saturated heterocycles. The first-order chi connectivity index (χ1) is 9.76. The van der Waals surface area contributed by atoms with Crippen LogP contribution in [-0.4, -0.2) is 16.1 Å². The molecule has 1 N–H and O–H groups in total. The molecule has 1 aromatic carbocycles. The molecule has 0 amide bonds.